The van der Waals surface area contributed by atoms with Gasteiger partial charge in [-0.1, -0.05) is 28.6 Å². The van der Waals surface area contributed by atoms with E-state index in [0.717, 1.165) is 21.8 Å². The zero-order valence-electron chi connectivity index (χ0n) is 17.1. The molecule has 4 heterocycles. The number of hydrogen-bond donors (Lipinski definition) is 0. The number of nitrogens with zero attached hydrogens (tertiary/aromatic N) is 6. The number of rotatable bonds is 6. The van der Waals surface area contributed by atoms with Crippen molar-refractivity contribution in [1.29, 1.82) is 0 Å². The minimum absolute atomic E-state index is 0.332. The van der Waals surface area contributed by atoms with Gasteiger partial charge in [-0.25, -0.2) is 9.67 Å². The van der Waals surface area contributed by atoms with Gasteiger partial charge in [0.15, 0.2) is 5.69 Å². The van der Waals surface area contributed by atoms with Crippen molar-refractivity contribution in [2.45, 2.75) is 20.4 Å². The molecular weight excluding hydrogens is 416 g/mol. The van der Waals surface area contributed by atoms with Crippen LogP contribution in [-0.4, -0.2) is 37.2 Å². The third-order valence-corrected chi connectivity index (χ3v) is 5.75. The van der Waals surface area contributed by atoms with Crippen LogP contribution in [0, 0.1) is 13.8 Å². The van der Waals surface area contributed by atoms with Gasteiger partial charge >= 0.3 is 0 Å². The molecule has 10 heteroatoms. The molecular formula is C21H18N6O3S. The maximum absolute atomic E-state index is 5.90. The number of benzene rings is 1. The molecule has 0 bridgehead atoms. The maximum atomic E-state index is 5.90. The van der Waals surface area contributed by atoms with Gasteiger partial charge in [-0.3, -0.25) is 0 Å². The third-order valence-electron chi connectivity index (χ3n) is 4.88. The molecule has 0 atom stereocenters. The average Bonchev–Trinajstić information content (AvgIpc) is 3.57. The highest BCUT2D eigenvalue weighted by atomic mass is 32.1. The van der Waals surface area contributed by atoms with Gasteiger partial charge in [0.2, 0.25) is 11.7 Å². The summed E-state index contributed by atoms with van der Waals surface area (Å²) in [6.07, 6.45) is 0. The predicted octanol–water partition coefficient (Wildman–Crippen LogP) is 4.39. The van der Waals surface area contributed by atoms with Crippen molar-refractivity contribution in [3.8, 4) is 39.5 Å². The zero-order valence-corrected chi connectivity index (χ0v) is 17.9. The molecule has 0 fully saturated rings. The molecule has 0 radical (unpaired) electrons. The van der Waals surface area contributed by atoms with E-state index in [9.17, 15) is 0 Å². The molecule has 0 aliphatic rings. The van der Waals surface area contributed by atoms with Crippen LogP contribution in [0.3, 0.4) is 0 Å². The molecule has 5 aromatic rings. The number of aryl methyl sites for hydroxylation is 1. The summed E-state index contributed by atoms with van der Waals surface area (Å²) in [6.45, 7) is 4.18. The highest BCUT2D eigenvalue weighted by Crippen LogP contribution is 2.31. The summed E-state index contributed by atoms with van der Waals surface area (Å²) in [5.41, 5.74) is 2.89. The Balaban J connectivity index is 1.42. The SMILES string of the molecule is COc1ccccc1-c1nc(Cn2nnc(-c3nc(-c4cccs4)no3)c2C)c(C)o1. The normalized spacial score (nSPS) is 11.2. The van der Waals surface area contributed by atoms with Crippen LogP contribution in [0.4, 0.5) is 0 Å². The summed E-state index contributed by atoms with van der Waals surface area (Å²) in [6, 6.07) is 11.5. The fourth-order valence-corrected chi connectivity index (χ4v) is 3.84. The lowest BCUT2D eigenvalue weighted by Gasteiger charge is -2.03. The summed E-state index contributed by atoms with van der Waals surface area (Å²) in [5.74, 6) is 2.77. The molecule has 4 aromatic heterocycles. The molecule has 31 heavy (non-hydrogen) atoms. The first kappa shape index (κ1) is 19.2. The van der Waals surface area contributed by atoms with Gasteiger partial charge in [-0.05, 0) is 37.4 Å². The van der Waals surface area contributed by atoms with Gasteiger partial charge in [0.1, 0.15) is 17.2 Å². The molecule has 0 aliphatic carbocycles. The van der Waals surface area contributed by atoms with Crippen LogP contribution in [0.15, 0.2) is 50.7 Å². The first-order valence-corrected chi connectivity index (χ1v) is 10.4. The molecule has 0 saturated heterocycles. The first-order valence-electron chi connectivity index (χ1n) is 9.51. The van der Waals surface area contributed by atoms with Crippen molar-refractivity contribution in [3.63, 3.8) is 0 Å². The minimum atomic E-state index is 0.332. The van der Waals surface area contributed by atoms with Crippen molar-refractivity contribution in [1.82, 2.24) is 30.1 Å². The summed E-state index contributed by atoms with van der Waals surface area (Å²) >= 11 is 1.55. The zero-order chi connectivity index (χ0) is 21.4. The number of oxazole rings is 1. The third kappa shape index (κ3) is 3.50. The first-order chi connectivity index (χ1) is 15.1. The second-order valence-electron chi connectivity index (χ2n) is 6.80. The quantitative estimate of drug-likeness (QED) is 0.388. The van der Waals surface area contributed by atoms with Crippen LogP contribution in [0.2, 0.25) is 0 Å². The van der Waals surface area contributed by atoms with E-state index in [1.54, 1.807) is 23.1 Å². The second kappa shape index (κ2) is 7.80. The van der Waals surface area contributed by atoms with Crippen molar-refractivity contribution < 1.29 is 13.7 Å². The van der Waals surface area contributed by atoms with E-state index in [0.29, 0.717) is 41.4 Å². The van der Waals surface area contributed by atoms with Gasteiger partial charge in [0.25, 0.3) is 5.89 Å². The number of para-hydroxylation sites is 1. The average molecular weight is 434 g/mol. The van der Waals surface area contributed by atoms with E-state index >= 15 is 0 Å². The molecule has 0 unspecified atom stereocenters. The number of thiophene rings is 1. The monoisotopic (exact) mass is 434 g/mol. The van der Waals surface area contributed by atoms with E-state index in [4.69, 9.17) is 13.7 Å². The van der Waals surface area contributed by atoms with Crippen LogP contribution in [0.25, 0.3) is 33.7 Å². The van der Waals surface area contributed by atoms with E-state index in [-0.39, 0.29) is 0 Å². The molecule has 0 aliphatic heterocycles. The smallest absolute Gasteiger partial charge is 0.280 e. The molecule has 156 valence electrons. The van der Waals surface area contributed by atoms with Crippen LogP contribution in [0.5, 0.6) is 5.75 Å². The van der Waals surface area contributed by atoms with Gasteiger partial charge < -0.3 is 13.7 Å². The maximum Gasteiger partial charge on any atom is 0.280 e. The van der Waals surface area contributed by atoms with E-state index < -0.39 is 0 Å². The number of methoxy groups -OCH3 is 1. The number of ether oxygens (including phenoxy) is 1. The van der Waals surface area contributed by atoms with Crippen molar-refractivity contribution in [2.24, 2.45) is 0 Å². The van der Waals surface area contributed by atoms with Gasteiger partial charge in [0.05, 0.1) is 29.8 Å². The lowest BCUT2D eigenvalue weighted by molar-refractivity contribution is 0.414. The van der Waals surface area contributed by atoms with Crippen LogP contribution < -0.4 is 4.74 Å². The van der Waals surface area contributed by atoms with Crippen LogP contribution in [-0.2, 0) is 6.54 Å². The van der Waals surface area contributed by atoms with Crippen molar-refractivity contribution in [3.05, 3.63) is 58.9 Å². The van der Waals surface area contributed by atoms with Crippen molar-refractivity contribution >= 4 is 11.3 Å². The molecule has 0 amide bonds. The molecule has 0 saturated carbocycles. The number of aromatic nitrogens is 6. The Morgan fingerprint density at radius 3 is 2.74 bits per heavy atom. The summed E-state index contributed by atoms with van der Waals surface area (Å²) < 4.78 is 18.5. The lowest BCUT2D eigenvalue weighted by atomic mass is 10.2. The van der Waals surface area contributed by atoms with Crippen molar-refractivity contribution in [2.75, 3.05) is 7.11 Å². The van der Waals surface area contributed by atoms with E-state index in [2.05, 4.69) is 25.4 Å². The van der Waals surface area contributed by atoms with Crippen LogP contribution >= 0.6 is 11.3 Å². The topological polar surface area (TPSA) is 105 Å². The molecule has 0 N–H and O–H groups in total. The van der Waals surface area contributed by atoms with Gasteiger partial charge in [0, 0.05) is 0 Å². The lowest BCUT2D eigenvalue weighted by Crippen LogP contribution is -2.05. The van der Waals surface area contributed by atoms with Gasteiger partial charge in [-0.15, -0.1) is 16.4 Å². The number of hydrogen-bond acceptors (Lipinski definition) is 9. The highest BCUT2D eigenvalue weighted by Gasteiger charge is 2.21. The fourth-order valence-electron chi connectivity index (χ4n) is 3.19. The van der Waals surface area contributed by atoms with Crippen LogP contribution in [0.1, 0.15) is 17.1 Å². The molecule has 9 nitrogen and oxygen atoms in total. The Morgan fingerprint density at radius 1 is 1.06 bits per heavy atom. The Morgan fingerprint density at radius 2 is 1.94 bits per heavy atom. The second-order valence-corrected chi connectivity index (χ2v) is 7.75. The predicted molar refractivity (Wildman–Crippen MR) is 114 cm³/mol. The highest BCUT2D eigenvalue weighted by molar-refractivity contribution is 7.13. The standard InChI is InChI=1S/C21H18N6O3S/c1-12-18(21-23-19(25-30-21)17-9-6-10-31-17)24-26-27(12)11-15-13(2)29-20(22-15)14-7-4-5-8-16(14)28-3/h4-10H,11H2,1-3H3. The Bertz CT molecular complexity index is 1340. The minimum Gasteiger partial charge on any atom is -0.496 e. The summed E-state index contributed by atoms with van der Waals surface area (Å²) in [7, 11) is 1.62. The Labute approximate surface area is 181 Å². The molecule has 5 rings (SSSR count). The van der Waals surface area contributed by atoms with E-state index in [1.807, 2.05) is 55.6 Å². The summed E-state index contributed by atoms with van der Waals surface area (Å²) in [4.78, 5) is 10.0. The van der Waals surface area contributed by atoms with E-state index in [1.165, 1.54) is 0 Å². The molecule has 0 spiro atoms. The Hall–Kier alpha value is -3.79. The van der Waals surface area contributed by atoms with Gasteiger partial charge in [-0.2, -0.15) is 4.98 Å². The fraction of sp³-hybridized carbons (Fsp3) is 0.190. The summed E-state index contributed by atoms with van der Waals surface area (Å²) in [5, 5.41) is 14.5. The largest absolute Gasteiger partial charge is 0.496 e. The molecule has 1 aromatic carbocycles. The Kier molecular flexibility index (Phi) is 4.83.